The van der Waals surface area contributed by atoms with Crippen LogP contribution in [-0.4, -0.2) is 28.7 Å². The van der Waals surface area contributed by atoms with Crippen molar-refractivity contribution >= 4 is 34.0 Å². The van der Waals surface area contributed by atoms with Gasteiger partial charge in [-0.3, -0.25) is 10.1 Å². The molecule has 2 rings (SSSR count). The standard InChI is InChI=1S/C11H12FIN2O3/c1-2-11(16)5-14(6-11)9-3-7(12)8(13)4-10(9)15(17)18/h3-4,16H,2,5-6H2,1H3. The average Bonchev–Trinajstić information content (AvgIpc) is 2.28. The molecule has 1 saturated heterocycles. The molecule has 0 radical (unpaired) electrons. The third-order valence-electron chi connectivity index (χ3n) is 3.18. The molecule has 0 aromatic heterocycles. The van der Waals surface area contributed by atoms with Crippen molar-refractivity contribution in [3.63, 3.8) is 0 Å². The number of aliphatic hydroxyl groups is 1. The molecule has 1 aromatic carbocycles. The number of nitrogens with zero attached hydrogens (tertiary/aromatic N) is 2. The Hall–Kier alpha value is -0.960. The molecule has 18 heavy (non-hydrogen) atoms. The molecule has 98 valence electrons. The lowest BCUT2D eigenvalue weighted by Crippen LogP contribution is -2.61. The van der Waals surface area contributed by atoms with Crippen LogP contribution in [0.15, 0.2) is 12.1 Å². The zero-order chi connectivity index (χ0) is 13.5. The molecule has 5 nitrogen and oxygen atoms in total. The molecule has 1 aliphatic heterocycles. The Balaban J connectivity index is 2.34. The van der Waals surface area contributed by atoms with Crippen molar-refractivity contribution in [1.29, 1.82) is 0 Å². The van der Waals surface area contributed by atoms with E-state index in [0.717, 1.165) is 6.07 Å². The number of nitro groups is 1. The zero-order valence-electron chi connectivity index (χ0n) is 9.69. The van der Waals surface area contributed by atoms with Gasteiger partial charge in [0.05, 0.1) is 14.1 Å². The molecule has 7 heteroatoms. The maximum Gasteiger partial charge on any atom is 0.293 e. The second kappa shape index (κ2) is 4.61. The van der Waals surface area contributed by atoms with Crippen molar-refractivity contribution in [3.05, 3.63) is 31.6 Å². The first-order valence-electron chi connectivity index (χ1n) is 5.47. The van der Waals surface area contributed by atoms with Gasteiger partial charge in [0.2, 0.25) is 0 Å². The average molecular weight is 366 g/mol. The molecule has 0 atom stereocenters. The van der Waals surface area contributed by atoms with E-state index in [1.807, 2.05) is 6.92 Å². The predicted molar refractivity (Wildman–Crippen MR) is 73.2 cm³/mol. The maximum atomic E-state index is 13.5. The van der Waals surface area contributed by atoms with Crippen molar-refractivity contribution in [2.45, 2.75) is 18.9 Å². The summed E-state index contributed by atoms with van der Waals surface area (Å²) in [6.45, 7) is 2.44. The van der Waals surface area contributed by atoms with Crippen LogP contribution in [0.1, 0.15) is 13.3 Å². The second-order valence-electron chi connectivity index (χ2n) is 4.45. The molecule has 0 spiro atoms. The van der Waals surface area contributed by atoms with Crippen molar-refractivity contribution in [2.24, 2.45) is 0 Å². The number of β-amino-alcohol motifs (C(OH)–C–C–N with tert-alkyl or cyclic N) is 1. The van der Waals surface area contributed by atoms with Crippen LogP contribution in [0.5, 0.6) is 0 Å². The Labute approximate surface area is 117 Å². The minimum absolute atomic E-state index is 0.126. The van der Waals surface area contributed by atoms with E-state index in [9.17, 15) is 19.6 Å². The van der Waals surface area contributed by atoms with Crippen LogP contribution < -0.4 is 4.90 Å². The number of hydrogen-bond acceptors (Lipinski definition) is 4. The monoisotopic (exact) mass is 366 g/mol. The molecule has 0 amide bonds. The van der Waals surface area contributed by atoms with Crippen molar-refractivity contribution < 1.29 is 14.4 Å². The Morgan fingerprint density at radius 3 is 2.72 bits per heavy atom. The highest BCUT2D eigenvalue weighted by Crippen LogP contribution is 2.37. The number of anilines is 1. The van der Waals surface area contributed by atoms with E-state index in [1.54, 1.807) is 27.5 Å². The van der Waals surface area contributed by atoms with Gasteiger partial charge in [0.25, 0.3) is 5.69 Å². The molecule has 0 aliphatic carbocycles. The van der Waals surface area contributed by atoms with Gasteiger partial charge in [0.15, 0.2) is 0 Å². The van der Waals surface area contributed by atoms with Gasteiger partial charge in [-0.25, -0.2) is 4.39 Å². The van der Waals surface area contributed by atoms with Crippen LogP contribution in [0.25, 0.3) is 0 Å². The molecule has 1 aromatic rings. The summed E-state index contributed by atoms with van der Waals surface area (Å²) in [6.07, 6.45) is 0.574. The number of rotatable bonds is 3. The second-order valence-corrected chi connectivity index (χ2v) is 5.61. The summed E-state index contributed by atoms with van der Waals surface area (Å²) < 4.78 is 13.7. The van der Waals surface area contributed by atoms with Crippen molar-refractivity contribution in [3.8, 4) is 0 Å². The third kappa shape index (κ3) is 2.28. The van der Waals surface area contributed by atoms with Gasteiger partial charge in [-0.05, 0) is 29.0 Å². The van der Waals surface area contributed by atoms with E-state index < -0.39 is 16.3 Å². The highest BCUT2D eigenvalue weighted by molar-refractivity contribution is 14.1. The van der Waals surface area contributed by atoms with Gasteiger partial charge in [-0.2, -0.15) is 0 Å². The lowest BCUT2D eigenvalue weighted by Gasteiger charge is -2.47. The molecule has 0 bridgehead atoms. The minimum Gasteiger partial charge on any atom is -0.386 e. The number of hydrogen-bond donors (Lipinski definition) is 1. The normalized spacial score (nSPS) is 17.4. The largest absolute Gasteiger partial charge is 0.386 e. The summed E-state index contributed by atoms with van der Waals surface area (Å²) in [5.41, 5.74) is -0.706. The minimum atomic E-state index is -0.812. The maximum absolute atomic E-state index is 13.5. The Bertz CT molecular complexity index is 503. The SMILES string of the molecule is CCC1(O)CN(c2cc(F)c(I)cc2[N+](=O)[O-])C1. The summed E-state index contributed by atoms with van der Waals surface area (Å²) in [4.78, 5) is 12.0. The van der Waals surface area contributed by atoms with E-state index in [4.69, 9.17) is 0 Å². The lowest BCUT2D eigenvalue weighted by atomic mass is 9.90. The first-order chi connectivity index (χ1) is 8.36. The predicted octanol–water partition coefficient (Wildman–Crippen LogP) is 2.30. The number of halogens is 2. The van der Waals surface area contributed by atoms with Crippen LogP contribution >= 0.6 is 22.6 Å². The number of benzene rings is 1. The molecule has 1 fully saturated rings. The Morgan fingerprint density at radius 2 is 2.22 bits per heavy atom. The molecule has 1 heterocycles. The van der Waals surface area contributed by atoms with Crippen LogP contribution in [0.4, 0.5) is 15.8 Å². The molecule has 1 aliphatic rings. The summed E-state index contributed by atoms with van der Waals surface area (Å²) in [5, 5.41) is 20.8. The van der Waals surface area contributed by atoms with Gasteiger partial charge in [-0.1, -0.05) is 6.92 Å². The van der Waals surface area contributed by atoms with Gasteiger partial charge < -0.3 is 10.0 Å². The van der Waals surface area contributed by atoms with Crippen LogP contribution in [0.2, 0.25) is 0 Å². The molecular weight excluding hydrogens is 354 g/mol. The smallest absolute Gasteiger partial charge is 0.293 e. The van der Waals surface area contributed by atoms with E-state index in [-0.39, 0.29) is 14.9 Å². The summed E-state index contributed by atoms with van der Waals surface area (Å²) >= 11 is 1.72. The van der Waals surface area contributed by atoms with Gasteiger partial charge in [0.1, 0.15) is 11.5 Å². The quantitative estimate of drug-likeness (QED) is 0.507. The molecule has 0 saturated carbocycles. The van der Waals surface area contributed by atoms with Crippen molar-refractivity contribution in [1.82, 2.24) is 0 Å². The van der Waals surface area contributed by atoms with Gasteiger partial charge in [0, 0.05) is 25.2 Å². The Morgan fingerprint density at radius 1 is 1.61 bits per heavy atom. The van der Waals surface area contributed by atoms with Crippen LogP contribution in [0, 0.1) is 19.5 Å². The summed E-state index contributed by atoms with van der Waals surface area (Å²) in [7, 11) is 0. The molecule has 1 N–H and O–H groups in total. The van der Waals surface area contributed by atoms with Crippen LogP contribution in [0.3, 0.4) is 0 Å². The highest BCUT2D eigenvalue weighted by Gasteiger charge is 2.42. The molecule has 0 unspecified atom stereocenters. The fraction of sp³-hybridized carbons (Fsp3) is 0.455. The van der Waals surface area contributed by atoms with Gasteiger partial charge in [-0.15, -0.1) is 0 Å². The Kier molecular flexibility index (Phi) is 3.45. The first kappa shape index (κ1) is 13.5. The fourth-order valence-electron chi connectivity index (χ4n) is 1.98. The highest BCUT2D eigenvalue weighted by atomic mass is 127. The van der Waals surface area contributed by atoms with Crippen molar-refractivity contribution in [2.75, 3.05) is 18.0 Å². The van der Waals surface area contributed by atoms with E-state index in [1.165, 1.54) is 6.07 Å². The number of nitro benzene ring substituents is 1. The van der Waals surface area contributed by atoms with E-state index in [0.29, 0.717) is 19.5 Å². The zero-order valence-corrected chi connectivity index (χ0v) is 11.8. The van der Waals surface area contributed by atoms with E-state index in [2.05, 4.69) is 0 Å². The summed E-state index contributed by atoms with van der Waals surface area (Å²) in [6, 6.07) is 2.38. The van der Waals surface area contributed by atoms with Gasteiger partial charge >= 0.3 is 0 Å². The topological polar surface area (TPSA) is 66.6 Å². The van der Waals surface area contributed by atoms with Crippen LogP contribution in [-0.2, 0) is 0 Å². The first-order valence-corrected chi connectivity index (χ1v) is 6.55. The fourth-order valence-corrected chi connectivity index (χ4v) is 2.43. The lowest BCUT2D eigenvalue weighted by molar-refractivity contribution is -0.384. The summed E-state index contributed by atoms with van der Waals surface area (Å²) in [5.74, 6) is -0.483. The molecular formula is C11H12FIN2O3. The third-order valence-corrected chi connectivity index (χ3v) is 4.01. The van der Waals surface area contributed by atoms with E-state index >= 15 is 0 Å².